The maximum atomic E-state index is 5.47. The number of nitrogens with one attached hydrogen (secondary N) is 1. The maximum absolute atomic E-state index is 5.47. The Labute approximate surface area is 277 Å². The van der Waals surface area contributed by atoms with Gasteiger partial charge in [0.15, 0.2) is 0 Å². The third-order valence-corrected chi connectivity index (χ3v) is 10.3. The van der Waals surface area contributed by atoms with Gasteiger partial charge >= 0.3 is 0 Å². The predicted molar refractivity (Wildman–Crippen MR) is 201 cm³/mol. The zero-order valence-corrected chi connectivity index (χ0v) is 27.3. The molecule has 0 spiro atoms. The van der Waals surface area contributed by atoms with Gasteiger partial charge in [0.05, 0.1) is 27.9 Å². The maximum Gasteiger partial charge on any atom is 0.145 e. The van der Waals surface area contributed by atoms with Gasteiger partial charge in [-0.1, -0.05) is 60.2 Å². The zero-order chi connectivity index (χ0) is 32.3. The summed E-state index contributed by atoms with van der Waals surface area (Å²) in [5.74, 6) is 0. The van der Waals surface area contributed by atoms with E-state index in [4.69, 9.17) is 9.97 Å². The molecule has 0 atom stereocenters. The van der Waals surface area contributed by atoms with E-state index in [1.807, 2.05) is 12.3 Å². The molecule has 0 unspecified atom stereocenters. The van der Waals surface area contributed by atoms with E-state index in [1.165, 1.54) is 71.2 Å². The lowest BCUT2D eigenvalue weighted by Gasteiger charge is -2.15. The van der Waals surface area contributed by atoms with Crippen LogP contribution in [0.25, 0.3) is 93.7 Å². The molecule has 5 aromatic carbocycles. The van der Waals surface area contributed by atoms with E-state index in [1.54, 1.807) is 0 Å². The molecule has 10 rings (SSSR count). The van der Waals surface area contributed by atoms with Gasteiger partial charge in [0, 0.05) is 55.2 Å². The number of H-pyrrole nitrogens is 1. The zero-order valence-electron chi connectivity index (χ0n) is 27.3. The summed E-state index contributed by atoms with van der Waals surface area (Å²) in [7, 11) is 0. The number of hydrogen-bond acceptors (Lipinski definition) is 2. The molecule has 0 radical (unpaired) electrons. The summed E-state index contributed by atoms with van der Waals surface area (Å²) in [6, 6.07) is 39.9. The first-order valence-corrected chi connectivity index (χ1v) is 16.6. The van der Waals surface area contributed by atoms with Crippen LogP contribution in [0.3, 0.4) is 0 Å². The minimum absolute atomic E-state index is 0.950. The van der Waals surface area contributed by atoms with E-state index in [2.05, 4.69) is 140 Å². The average molecular weight is 617 g/mol. The van der Waals surface area contributed by atoms with E-state index < -0.39 is 0 Å². The van der Waals surface area contributed by atoms with Crippen molar-refractivity contribution in [3.63, 3.8) is 0 Å². The van der Waals surface area contributed by atoms with Gasteiger partial charge in [-0.05, 0) is 110 Å². The fourth-order valence-corrected chi connectivity index (χ4v) is 8.14. The first-order chi connectivity index (χ1) is 23.4. The molecule has 4 nitrogen and oxygen atoms in total. The number of hydrogen-bond donors (Lipinski definition) is 1. The molecule has 0 saturated carbocycles. The minimum atomic E-state index is 0.950. The number of nitrogens with zero attached hydrogens (tertiary/aromatic N) is 3. The minimum Gasteiger partial charge on any atom is -0.354 e. The van der Waals surface area contributed by atoms with Gasteiger partial charge in [-0.15, -0.1) is 0 Å². The smallest absolute Gasteiger partial charge is 0.145 e. The molecular formula is C44H32N4. The molecule has 0 amide bonds. The lowest BCUT2D eigenvalue weighted by molar-refractivity contribution is 1.26. The van der Waals surface area contributed by atoms with E-state index in [0.29, 0.717) is 0 Å². The van der Waals surface area contributed by atoms with Crippen LogP contribution in [0.1, 0.15) is 22.3 Å². The number of pyridine rings is 2. The van der Waals surface area contributed by atoms with Gasteiger partial charge < -0.3 is 4.98 Å². The van der Waals surface area contributed by atoms with Crippen LogP contribution in [0.4, 0.5) is 0 Å². The monoisotopic (exact) mass is 616 g/mol. The average Bonchev–Trinajstić information content (AvgIpc) is 3.74. The van der Waals surface area contributed by atoms with E-state index in [9.17, 15) is 0 Å². The number of para-hydroxylation sites is 1. The number of fused-ring (bicyclic) bond motifs is 9. The number of benzene rings is 5. The molecule has 0 aliphatic carbocycles. The predicted octanol–water partition coefficient (Wildman–Crippen LogP) is 11.5. The van der Waals surface area contributed by atoms with Crippen molar-refractivity contribution in [1.82, 2.24) is 19.4 Å². The Morgan fingerprint density at radius 1 is 0.562 bits per heavy atom. The number of rotatable bonds is 3. The molecular weight excluding hydrogens is 585 g/mol. The van der Waals surface area contributed by atoms with Crippen LogP contribution >= 0.6 is 0 Å². The molecule has 228 valence electrons. The van der Waals surface area contributed by atoms with E-state index in [0.717, 1.165) is 44.7 Å². The highest BCUT2D eigenvalue weighted by atomic mass is 15.0. The van der Waals surface area contributed by atoms with Crippen molar-refractivity contribution in [2.75, 3.05) is 0 Å². The molecule has 10 aromatic rings. The topological polar surface area (TPSA) is 46.0 Å². The van der Waals surface area contributed by atoms with Crippen LogP contribution in [0.5, 0.6) is 0 Å². The van der Waals surface area contributed by atoms with Crippen LogP contribution in [-0.2, 0) is 0 Å². The summed E-state index contributed by atoms with van der Waals surface area (Å²) in [4.78, 5) is 14.1. The fraction of sp³-hybridized carbons (Fsp3) is 0.0909. The van der Waals surface area contributed by atoms with Crippen LogP contribution in [-0.4, -0.2) is 19.4 Å². The van der Waals surface area contributed by atoms with Crippen molar-refractivity contribution >= 4 is 60.0 Å². The number of aryl methyl sites for hydroxylation is 4. The molecule has 0 aliphatic rings. The third-order valence-electron chi connectivity index (χ3n) is 10.3. The first-order valence-electron chi connectivity index (χ1n) is 16.6. The summed E-state index contributed by atoms with van der Waals surface area (Å²) in [6.07, 6.45) is 1.89. The normalized spacial score (nSPS) is 12.2. The standard InChI is InChI=1S/C44H32N4/c1-24-13-16-37-34(18-24)35-19-25(2)20-36(42(35)47-37)39-22-29(41-26(3)8-5-9-27(41)4)21-38(46-39)28-14-15-30-31-10-6-11-32-33-12-7-17-45-44(33)48(43(31)32)40(30)23-28/h5-23,47H,1-4H3. The summed E-state index contributed by atoms with van der Waals surface area (Å²) in [5, 5.41) is 7.38. The molecule has 5 heterocycles. The first kappa shape index (κ1) is 27.1. The van der Waals surface area contributed by atoms with E-state index in [-0.39, 0.29) is 0 Å². The van der Waals surface area contributed by atoms with Crippen molar-refractivity contribution in [1.29, 1.82) is 0 Å². The van der Waals surface area contributed by atoms with Crippen molar-refractivity contribution in [2.45, 2.75) is 27.7 Å². The summed E-state index contributed by atoms with van der Waals surface area (Å²) >= 11 is 0. The fourth-order valence-electron chi connectivity index (χ4n) is 8.14. The number of aromatic amines is 1. The van der Waals surface area contributed by atoms with Crippen molar-refractivity contribution in [3.05, 3.63) is 138 Å². The summed E-state index contributed by atoms with van der Waals surface area (Å²) < 4.78 is 2.34. The highest BCUT2D eigenvalue weighted by molar-refractivity contribution is 6.23. The second-order valence-electron chi connectivity index (χ2n) is 13.4. The Balaban J connectivity index is 1.28. The molecule has 5 aromatic heterocycles. The lowest BCUT2D eigenvalue weighted by atomic mass is 9.93. The Morgan fingerprint density at radius 2 is 1.31 bits per heavy atom. The number of aromatic nitrogens is 4. The molecule has 0 fully saturated rings. The van der Waals surface area contributed by atoms with Gasteiger partial charge in [0.2, 0.25) is 0 Å². The molecule has 0 saturated heterocycles. The van der Waals surface area contributed by atoms with Crippen LogP contribution in [0.2, 0.25) is 0 Å². The largest absolute Gasteiger partial charge is 0.354 e. The summed E-state index contributed by atoms with van der Waals surface area (Å²) in [5.41, 5.74) is 17.2. The Kier molecular flexibility index (Phi) is 5.52. The van der Waals surface area contributed by atoms with Crippen molar-refractivity contribution in [2.24, 2.45) is 0 Å². The van der Waals surface area contributed by atoms with Crippen LogP contribution in [0.15, 0.2) is 115 Å². The Morgan fingerprint density at radius 3 is 2.17 bits per heavy atom. The van der Waals surface area contributed by atoms with Gasteiger partial charge in [-0.3, -0.25) is 4.40 Å². The van der Waals surface area contributed by atoms with E-state index >= 15 is 0 Å². The Bertz CT molecular complexity index is 2920. The molecule has 0 aliphatic heterocycles. The van der Waals surface area contributed by atoms with Crippen molar-refractivity contribution < 1.29 is 0 Å². The quantitative estimate of drug-likeness (QED) is 0.215. The highest BCUT2D eigenvalue weighted by Crippen LogP contribution is 2.41. The summed E-state index contributed by atoms with van der Waals surface area (Å²) in [6.45, 7) is 8.75. The Hall–Kier alpha value is -6.00. The van der Waals surface area contributed by atoms with Crippen LogP contribution in [0, 0.1) is 27.7 Å². The SMILES string of the molecule is Cc1ccc2[nH]c3c(-c4cc(-c5c(C)cccc5C)cc(-c5ccc6c7cccc8c9cccnc9n(c6c5)c78)n4)cc(C)cc3c2c1. The molecule has 4 heteroatoms. The molecule has 48 heavy (non-hydrogen) atoms. The van der Waals surface area contributed by atoms with Crippen molar-refractivity contribution in [3.8, 4) is 33.6 Å². The van der Waals surface area contributed by atoms with Crippen LogP contribution < -0.4 is 0 Å². The third kappa shape index (κ3) is 3.77. The second-order valence-corrected chi connectivity index (χ2v) is 13.4. The molecule has 0 bridgehead atoms. The van der Waals surface area contributed by atoms with Gasteiger partial charge in [0.25, 0.3) is 0 Å². The van der Waals surface area contributed by atoms with Gasteiger partial charge in [-0.2, -0.15) is 0 Å². The van der Waals surface area contributed by atoms with Gasteiger partial charge in [0.1, 0.15) is 5.65 Å². The molecule has 1 N–H and O–H groups in total. The van der Waals surface area contributed by atoms with Gasteiger partial charge in [-0.25, -0.2) is 9.97 Å². The lowest BCUT2D eigenvalue weighted by Crippen LogP contribution is -1.95. The second kappa shape index (κ2) is 9.76. The highest BCUT2D eigenvalue weighted by Gasteiger charge is 2.20.